The lowest BCUT2D eigenvalue weighted by atomic mass is 10.1. The van der Waals surface area contributed by atoms with Crippen molar-refractivity contribution in [2.75, 3.05) is 26.8 Å². The van der Waals surface area contributed by atoms with E-state index in [1.165, 1.54) is 6.42 Å². The third-order valence-electron chi connectivity index (χ3n) is 3.85. The van der Waals surface area contributed by atoms with Crippen molar-refractivity contribution in [3.05, 3.63) is 33.8 Å². The van der Waals surface area contributed by atoms with E-state index < -0.39 is 0 Å². The number of rotatable bonds is 6. The lowest BCUT2D eigenvalue weighted by Crippen LogP contribution is -2.44. The molecule has 2 unspecified atom stereocenters. The SMILES string of the molecule is COCC(C)N(Cc1ccc(Cl)cc1Cl)C1CCNC1. The number of nitrogens with one attached hydrogen (secondary N) is 1. The van der Waals surface area contributed by atoms with E-state index in [0.717, 1.165) is 36.8 Å². The zero-order valence-corrected chi connectivity index (χ0v) is 13.5. The molecule has 0 spiro atoms. The van der Waals surface area contributed by atoms with Gasteiger partial charge in [-0.3, -0.25) is 4.90 Å². The molecule has 1 aliphatic heterocycles. The molecule has 0 amide bonds. The molecule has 0 aliphatic carbocycles. The van der Waals surface area contributed by atoms with Crippen molar-refractivity contribution >= 4 is 23.2 Å². The number of hydrogen-bond donors (Lipinski definition) is 1. The Hall–Kier alpha value is -0.320. The second-order valence-corrected chi connectivity index (χ2v) is 6.20. The Morgan fingerprint density at radius 2 is 2.25 bits per heavy atom. The van der Waals surface area contributed by atoms with E-state index in [-0.39, 0.29) is 0 Å². The molecule has 2 rings (SSSR count). The molecule has 0 radical (unpaired) electrons. The number of methoxy groups -OCH3 is 1. The zero-order valence-electron chi connectivity index (χ0n) is 12.0. The lowest BCUT2D eigenvalue weighted by molar-refractivity contribution is 0.0688. The van der Waals surface area contributed by atoms with Crippen molar-refractivity contribution in [2.45, 2.75) is 32.0 Å². The first-order valence-corrected chi connectivity index (χ1v) is 7.76. The van der Waals surface area contributed by atoms with Crippen LogP contribution in [-0.2, 0) is 11.3 Å². The van der Waals surface area contributed by atoms with E-state index in [9.17, 15) is 0 Å². The van der Waals surface area contributed by atoms with E-state index in [4.69, 9.17) is 27.9 Å². The fraction of sp³-hybridized carbons (Fsp3) is 0.600. The van der Waals surface area contributed by atoms with Crippen LogP contribution >= 0.6 is 23.2 Å². The topological polar surface area (TPSA) is 24.5 Å². The quantitative estimate of drug-likeness (QED) is 0.872. The highest BCUT2D eigenvalue weighted by atomic mass is 35.5. The summed E-state index contributed by atoms with van der Waals surface area (Å²) in [7, 11) is 1.75. The Bertz CT molecular complexity index is 436. The Balaban J connectivity index is 2.13. The van der Waals surface area contributed by atoms with E-state index >= 15 is 0 Å². The van der Waals surface area contributed by atoms with Crippen molar-refractivity contribution in [3.63, 3.8) is 0 Å². The van der Waals surface area contributed by atoms with E-state index in [0.29, 0.717) is 17.1 Å². The molecule has 1 saturated heterocycles. The minimum Gasteiger partial charge on any atom is -0.383 e. The van der Waals surface area contributed by atoms with Gasteiger partial charge in [-0.2, -0.15) is 0 Å². The number of ether oxygens (including phenoxy) is 1. The predicted octanol–water partition coefficient (Wildman–Crippen LogP) is 3.19. The highest BCUT2D eigenvalue weighted by Gasteiger charge is 2.26. The highest BCUT2D eigenvalue weighted by Crippen LogP contribution is 2.25. The molecule has 1 aliphatic rings. The maximum absolute atomic E-state index is 6.30. The van der Waals surface area contributed by atoms with Crippen LogP contribution in [0.2, 0.25) is 10.0 Å². The molecular formula is C15H22Cl2N2O. The highest BCUT2D eigenvalue weighted by molar-refractivity contribution is 6.35. The third kappa shape index (κ3) is 4.09. The second-order valence-electron chi connectivity index (χ2n) is 5.36. The maximum Gasteiger partial charge on any atom is 0.0615 e. The van der Waals surface area contributed by atoms with Crippen molar-refractivity contribution in [1.29, 1.82) is 0 Å². The van der Waals surface area contributed by atoms with Gasteiger partial charge in [0.15, 0.2) is 0 Å². The molecule has 1 fully saturated rings. The van der Waals surface area contributed by atoms with Crippen LogP contribution < -0.4 is 5.32 Å². The van der Waals surface area contributed by atoms with Gasteiger partial charge < -0.3 is 10.1 Å². The lowest BCUT2D eigenvalue weighted by Gasteiger charge is -2.34. The smallest absolute Gasteiger partial charge is 0.0615 e. The minimum absolute atomic E-state index is 0.358. The number of halogens is 2. The Morgan fingerprint density at radius 1 is 1.45 bits per heavy atom. The zero-order chi connectivity index (χ0) is 14.5. The fourth-order valence-corrected chi connectivity index (χ4v) is 3.22. The molecule has 1 N–H and O–H groups in total. The monoisotopic (exact) mass is 316 g/mol. The molecule has 112 valence electrons. The van der Waals surface area contributed by atoms with Gasteiger partial charge >= 0.3 is 0 Å². The van der Waals surface area contributed by atoms with Crippen LogP contribution in [0.15, 0.2) is 18.2 Å². The molecule has 0 saturated carbocycles. The molecule has 2 atom stereocenters. The summed E-state index contributed by atoms with van der Waals surface area (Å²) in [6.45, 7) is 5.86. The first-order chi connectivity index (χ1) is 9.61. The molecular weight excluding hydrogens is 295 g/mol. The molecule has 1 aromatic rings. The first-order valence-electron chi connectivity index (χ1n) is 7.01. The molecule has 1 heterocycles. The molecule has 5 heteroatoms. The van der Waals surface area contributed by atoms with Gasteiger partial charge in [0.25, 0.3) is 0 Å². The molecule has 3 nitrogen and oxygen atoms in total. The summed E-state index contributed by atoms with van der Waals surface area (Å²) < 4.78 is 5.32. The van der Waals surface area contributed by atoms with E-state index in [1.807, 2.05) is 18.2 Å². The van der Waals surface area contributed by atoms with Crippen molar-refractivity contribution in [1.82, 2.24) is 10.2 Å². The summed E-state index contributed by atoms with van der Waals surface area (Å²) in [6, 6.07) is 6.61. The molecule has 0 bridgehead atoms. The fourth-order valence-electron chi connectivity index (χ4n) is 2.75. The first kappa shape index (κ1) is 16.1. The molecule has 0 aromatic heterocycles. The Labute approximate surface area is 131 Å². The summed E-state index contributed by atoms with van der Waals surface area (Å²) in [5.41, 5.74) is 1.12. The van der Waals surface area contributed by atoms with Crippen molar-refractivity contribution < 1.29 is 4.74 Å². The van der Waals surface area contributed by atoms with Crippen molar-refractivity contribution in [2.24, 2.45) is 0 Å². The van der Waals surface area contributed by atoms with Crippen LogP contribution in [0.3, 0.4) is 0 Å². The summed E-state index contributed by atoms with van der Waals surface area (Å²) in [5, 5.41) is 4.84. The normalized spacial score (nSPS) is 20.6. The van der Waals surface area contributed by atoms with Crippen LogP contribution in [0.4, 0.5) is 0 Å². The molecule has 1 aromatic carbocycles. The summed E-state index contributed by atoms with van der Waals surface area (Å²) in [5.74, 6) is 0. The Kier molecular flexibility index (Phi) is 6.12. The summed E-state index contributed by atoms with van der Waals surface area (Å²) in [6.07, 6.45) is 1.17. The molecule has 20 heavy (non-hydrogen) atoms. The van der Waals surface area contributed by atoms with Gasteiger partial charge in [0.2, 0.25) is 0 Å². The van der Waals surface area contributed by atoms with Gasteiger partial charge in [0.05, 0.1) is 6.61 Å². The van der Waals surface area contributed by atoms with Gasteiger partial charge in [-0.15, -0.1) is 0 Å². The Morgan fingerprint density at radius 3 is 2.85 bits per heavy atom. The van der Waals surface area contributed by atoms with E-state index in [2.05, 4.69) is 17.1 Å². The standard InChI is InChI=1S/C15H22Cl2N2O/c1-11(10-20-2)19(14-5-6-18-8-14)9-12-3-4-13(16)7-15(12)17/h3-4,7,11,14,18H,5-6,8-10H2,1-2H3. The number of benzene rings is 1. The number of hydrogen-bond acceptors (Lipinski definition) is 3. The van der Waals surface area contributed by atoms with Gasteiger partial charge in [-0.25, -0.2) is 0 Å². The van der Waals surface area contributed by atoms with Gasteiger partial charge in [0, 0.05) is 42.3 Å². The average Bonchev–Trinajstić information content (AvgIpc) is 2.91. The van der Waals surface area contributed by atoms with Gasteiger partial charge in [-0.1, -0.05) is 29.3 Å². The largest absolute Gasteiger partial charge is 0.383 e. The summed E-state index contributed by atoms with van der Waals surface area (Å²) in [4.78, 5) is 2.47. The predicted molar refractivity (Wildman–Crippen MR) is 84.6 cm³/mol. The van der Waals surface area contributed by atoms with Crippen LogP contribution in [-0.4, -0.2) is 43.8 Å². The van der Waals surface area contributed by atoms with Crippen LogP contribution in [0.25, 0.3) is 0 Å². The third-order valence-corrected chi connectivity index (χ3v) is 4.43. The average molecular weight is 317 g/mol. The van der Waals surface area contributed by atoms with E-state index in [1.54, 1.807) is 7.11 Å². The summed E-state index contributed by atoms with van der Waals surface area (Å²) >= 11 is 12.3. The maximum atomic E-state index is 6.30. The van der Waals surface area contributed by atoms with Gasteiger partial charge in [-0.05, 0) is 37.6 Å². The number of nitrogens with zero attached hydrogens (tertiary/aromatic N) is 1. The minimum atomic E-state index is 0.358. The van der Waals surface area contributed by atoms with Gasteiger partial charge in [0.1, 0.15) is 0 Å². The van der Waals surface area contributed by atoms with Crippen LogP contribution in [0.1, 0.15) is 18.9 Å². The van der Waals surface area contributed by atoms with Crippen LogP contribution in [0, 0.1) is 0 Å². The second kappa shape index (κ2) is 7.62. The van der Waals surface area contributed by atoms with Crippen molar-refractivity contribution in [3.8, 4) is 0 Å². The van der Waals surface area contributed by atoms with Crippen LogP contribution in [0.5, 0.6) is 0 Å².